The SMILES string of the molecule is CC(C)C(NC(=O)c1ccco1)C(=O)NCCCN1CCCCCC1. The summed E-state index contributed by atoms with van der Waals surface area (Å²) < 4.78 is 5.08. The van der Waals surface area contributed by atoms with Crippen LogP contribution in [0.3, 0.4) is 0 Å². The van der Waals surface area contributed by atoms with Crippen LogP contribution in [0.15, 0.2) is 22.8 Å². The maximum absolute atomic E-state index is 12.4. The first-order valence-corrected chi connectivity index (χ1v) is 9.42. The van der Waals surface area contributed by atoms with Crippen LogP contribution in [0.25, 0.3) is 0 Å². The summed E-state index contributed by atoms with van der Waals surface area (Å²) in [7, 11) is 0. The quantitative estimate of drug-likeness (QED) is 0.707. The van der Waals surface area contributed by atoms with Gasteiger partial charge in [-0.25, -0.2) is 0 Å². The predicted octanol–water partition coefficient (Wildman–Crippen LogP) is 2.42. The predicted molar refractivity (Wildman–Crippen MR) is 97.3 cm³/mol. The average molecular weight is 349 g/mol. The fourth-order valence-electron chi connectivity index (χ4n) is 3.14. The Bertz CT molecular complexity index is 520. The van der Waals surface area contributed by atoms with E-state index < -0.39 is 6.04 Å². The fraction of sp³-hybridized carbons (Fsp3) is 0.684. The molecule has 1 aromatic heterocycles. The molecule has 0 spiro atoms. The van der Waals surface area contributed by atoms with Crippen molar-refractivity contribution in [2.75, 3.05) is 26.2 Å². The molecule has 0 radical (unpaired) electrons. The Labute approximate surface area is 150 Å². The van der Waals surface area contributed by atoms with E-state index in [4.69, 9.17) is 4.42 Å². The molecule has 0 bridgehead atoms. The number of likely N-dealkylation sites (tertiary alicyclic amines) is 1. The number of carbonyl (C=O) groups excluding carboxylic acids is 2. The summed E-state index contributed by atoms with van der Waals surface area (Å²) in [5.41, 5.74) is 0. The van der Waals surface area contributed by atoms with Gasteiger partial charge >= 0.3 is 0 Å². The maximum atomic E-state index is 12.4. The molecule has 0 aliphatic carbocycles. The van der Waals surface area contributed by atoms with Crippen molar-refractivity contribution in [2.24, 2.45) is 5.92 Å². The highest BCUT2D eigenvalue weighted by Gasteiger charge is 2.25. The Hall–Kier alpha value is -1.82. The smallest absolute Gasteiger partial charge is 0.287 e. The lowest BCUT2D eigenvalue weighted by molar-refractivity contribution is -0.123. The van der Waals surface area contributed by atoms with Crippen molar-refractivity contribution in [2.45, 2.75) is 52.0 Å². The summed E-state index contributed by atoms with van der Waals surface area (Å²) >= 11 is 0. The van der Waals surface area contributed by atoms with Crippen LogP contribution in [-0.4, -0.2) is 48.9 Å². The minimum atomic E-state index is -0.559. The lowest BCUT2D eigenvalue weighted by atomic mass is 10.0. The minimum Gasteiger partial charge on any atom is -0.459 e. The molecular formula is C19H31N3O3. The lowest BCUT2D eigenvalue weighted by Gasteiger charge is -2.22. The molecule has 2 heterocycles. The van der Waals surface area contributed by atoms with Crippen LogP contribution in [0.5, 0.6) is 0 Å². The Morgan fingerprint density at radius 2 is 1.92 bits per heavy atom. The van der Waals surface area contributed by atoms with E-state index in [0.29, 0.717) is 6.54 Å². The van der Waals surface area contributed by atoms with E-state index in [1.54, 1.807) is 12.1 Å². The van der Waals surface area contributed by atoms with E-state index in [1.165, 1.54) is 45.0 Å². The standard InChI is InChI=1S/C19H31N3O3/c1-15(2)17(21-18(23)16-9-7-14-25-16)19(24)20-10-8-13-22-11-5-3-4-6-12-22/h7,9,14-15,17H,3-6,8,10-13H2,1-2H3,(H,20,24)(H,21,23). The summed E-state index contributed by atoms with van der Waals surface area (Å²) in [5.74, 6) is -0.265. The van der Waals surface area contributed by atoms with Gasteiger partial charge in [0.2, 0.25) is 5.91 Å². The van der Waals surface area contributed by atoms with Crippen molar-refractivity contribution in [1.82, 2.24) is 15.5 Å². The van der Waals surface area contributed by atoms with E-state index in [2.05, 4.69) is 15.5 Å². The molecule has 2 N–H and O–H groups in total. The molecule has 1 atom stereocenters. The van der Waals surface area contributed by atoms with Gasteiger partial charge in [-0.05, 0) is 56.9 Å². The van der Waals surface area contributed by atoms with Gasteiger partial charge in [0, 0.05) is 6.54 Å². The molecule has 6 heteroatoms. The maximum Gasteiger partial charge on any atom is 0.287 e. The van der Waals surface area contributed by atoms with E-state index in [9.17, 15) is 9.59 Å². The Morgan fingerprint density at radius 3 is 2.52 bits per heavy atom. The molecule has 2 amide bonds. The van der Waals surface area contributed by atoms with Crippen molar-refractivity contribution < 1.29 is 14.0 Å². The second-order valence-electron chi connectivity index (χ2n) is 7.07. The second kappa shape index (κ2) is 10.2. The van der Waals surface area contributed by atoms with Crippen molar-refractivity contribution >= 4 is 11.8 Å². The molecule has 6 nitrogen and oxygen atoms in total. The van der Waals surface area contributed by atoms with Crippen molar-refractivity contribution in [1.29, 1.82) is 0 Å². The van der Waals surface area contributed by atoms with Crippen molar-refractivity contribution in [3.05, 3.63) is 24.2 Å². The number of rotatable bonds is 8. The Morgan fingerprint density at radius 1 is 1.20 bits per heavy atom. The first kappa shape index (κ1) is 19.5. The van der Waals surface area contributed by atoms with Crippen LogP contribution >= 0.6 is 0 Å². The topological polar surface area (TPSA) is 74.6 Å². The average Bonchev–Trinajstić information content (AvgIpc) is 3.00. The van der Waals surface area contributed by atoms with Crippen LogP contribution < -0.4 is 10.6 Å². The molecule has 0 aromatic carbocycles. The van der Waals surface area contributed by atoms with E-state index in [1.807, 2.05) is 13.8 Å². The van der Waals surface area contributed by atoms with Gasteiger partial charge in [0.25, 0.3) is 5.91 Å². The first-order valence-electron chi connectivity index (χ1n) is 9.42. The Balaban J connectivity index is 1.73. The first-order chi connectivity index (χ1) is 12.1. The van der Waals surface area contributed by atoms with Gasteiger partial charge in [0.05, 0.1) is 6.26 Å². The summed E-state index contributed by atoms with van der Waals surface area (Å²) in [5, 5.41) is 5.72. The molecule has 0 saturated carbocycles. The van der Waals surface area contributed by atoms with Crippen LogP contribution in [0, 0.1) is 5.92 Å². The molecule has 140 valence electrons. The zero-order valence-corrected chi connectivity index (χ0v) is 15.4. The highest BCUT2D eigenvalue weighted by atomic mass is 16.3. The van der Waals surface area contributed by atoms with Crippen LogP contribution in [0.2, 0.25) is 0 Å². The molecule has 1 fully saturated rings. The highest BCUT2D eigenvalue weighted by molar-refractivity contribution is 5.95. The third-order valence-electron chi connectivity index (χ3n) is 4.63. The minimum absolute atomic E-state index is 0.00418. The zero-order valence-electron chi connectivity index (χ0n) is 15.4. The molecule has 1 unspecified atom stereocenters. The van der Waals surface area contributed by atoms with Crippen molar-refractivity contribution in [3.63, 3.8) is 0 Å². The van der Waals surface area contributed by atoms with Gasteiger partial charge in [-0.1, -0.05) is 26.7 Å². The molecule has 25 heavy (non-hydrogen) atoms. The largest absolute Gasteiger partial charge is 0.459 e. The van der Waals surface area contributed by atoms with Crippen LogP contribution in [-0.2, 0) is 4.79 Å². The normalized spacial score (nSPS) is 17.1. The number of carbonyl (C=O) groups is 2. The van der Waals surface area contributed by atoms with E-state index in [0.717, 1.165) is 13.0 Å². The Kier molecular flexibility index (Phi) is 7.98. The summed E-state index contributed by atoms with van der Waals surface area (Å²) in [4.78, 5) is 27.0. The summed E-state index contributed by atoms with van der Waals surface area (Å²) in [6.45, 7) is 7.83. The molecule has 1 aliphatic rings. The van der Waals surface area contributed by atoms with E-state index >= 15 is 0 Å². The van der Waals surface area contributed by atoms with Gasteiger partial charge in [-0.15, -0.1) is 0 Å². The monoisotopic (exact) mass is 349 g/mol. The molecule has 2 rings (SSSR count). The number of hydrogen-bond acceptors (Lipinski definition) is 4. The van der Waals surface area contributed by atoms with Gasteiger partial charge < -0.3 is 20.0 Å². The molecular weight excluding hydrogens is 318 g/mol. The third kappa shape index (κ3) is 6.53. The number of furan rings is 1. The lowest BCUT2D eigenvalue weighted by Crippen LogP contribution is -2.50. The van der Waals surface area contributed by atoms with Gasteiger partial charge in [-0.3, -0.25) is 9.59 Å². The molecule has 1 aliphatic heterocycles. The van der Waals surface area contributed by atoms with Crippen LogP contribution in [0.1, 0.15) is 56.5 Å². The second-order valence-corrected chi connectivity index (χ2v) is 7.07. The summed E-state index contributed by atoms with van der Waals surface area (Å²) in [6.07, 6.45) is 7.60. The summed E-state index contributed by atoms with van der Waals surface area (Å²) in [6, 6.07) is 2.68. The number of nitrogens with zero attached hydrogens (tertiary/aromatic N) is 1. The van der Waals surface area contributed by atoms with E-state index in [-0.39, 0.29) is 23.5 Å². The van der Waals surface area contributed by atoms with Gasteiger partial charge in [0.1, 0.15) is 6.04 Å². The van der Waals surface area contributed by atoms with Crippen LogP contribution in [0.4, 0.5) is 0 Å². The van der Waals surface area contributed by atoms with Gasteiger partial charge in [0.15, 0.2) is 5.76 Å². The fourth-order valence-corrected chi connectivity index (χ4v) is 3.14. The third-order valence-corrected chi connectivity index (χ3v) is 4.63. The van der Waals surface area contributed by atoms with Crippen molar-refractivity contribution in [3.8, 4) is 0 Å². The number of nitrogens with one attached hydrogen (secondary N) is 2. The van der Waals surface area contributed by atoms with Gasteiger partial charge in [-0.2, -0.15) is 0 Å². The zero-order chi connectivity index (χ0) is 18.1. The number of hydrogen-bond donors (Lipinski definition) is 2. The molecule has 1 saturated heterocycles. The highest BCUT2D eigenvalue weighted by Crippen LogP contribution is 2.10. The number of amides is 2. The molecule has 1 aromatic rings.